The summed E-state index contributed by atoms with van der Waals surface area (Å²) in [6.07, 6.45) is 2.41. The highest BCUT2D eigenvalue weighted by atomic mass is 32.1. The van der Waals surface area contributed by atoms with E-state index < -0.39 is 0 Å². The van der Waals surface area contributed by atoms with Crippen LogP contribution in [0.2, 0.25) is 0 Å². The van der Waals surface area contributed by atoms with E-state index in [0.29, 0.717) is 12.1 Å². The Bertz CT molecular complexity index is 470. The van der Waals surface area contributed by atoms with Gasteiger partial charge in [0.25, 0.3) is 0 Å². The Morgan fingerprint density at radius 2 is 2.25 bits per heavy atom. The second kappa shape index (κ2) is 5.41. The van der Waals surface area contributed by atoms with Crippen LogP contribution in [0.3, 0.4) is 0 Å². The fourth-order valence-electron chi connectivity index (χ4n) is 4.00. The summed E-state index contributed by atoms with van der Waals surface area (Å²) >= 11 is 1.92. The molecule has 0 aromatic carbocycles. The van der Waals surface area contributed by atoms with Crippen molar-refractivity contribution < 1.29 is 0 Å². The standard InChI is InChI=1S/C16H27N3S/c1-12(2)18-8-6-16(10-17,11-18)19-7-4-15-14(13(19)3)5-9-20-15/h5,9,12-13H,4,6-8,10-11,17H2,1-3H3. The molecule has 3 heterocycles. The molecule has 3 rings (SSSR count). The van der Waals surface area contributed by atoms with Crippen molar-refractivity contribution in [1.82, 2.24) is 9.80 Å². The van der Waals surface area contributed by atoms with Crippen LogP contribution in [0.5, 0.6) is 0 Å². The molecule has 112 valence electrons. The maximum Gasteiger partial charge on any atom is 0.0476 e. The lowest BCUT2D eigenvalue weighted by Gasteiger charge is -2.47. The number of fused-ring (bicyclic) bond motifs is 1. The summed E-state index contributed by atoms with van der Waals surface area (Å²) in [6, 6.07) is 3.46. The molecule has 20 heavy (non-hydrogen) atoms. The zero-order valence-corrected chi connectivity index (χ0v) is 13.7. The van der Waals surface area contributed by atoms with Crippen molar-refractivity contribution in [2.45, 2.75) is 51.2 Å². The zero-order chi connectivity index (χ0) is 14.3. The normalized spacial score (nSPS) is 31.9. The first-order chi connectivity index (χ1) is 9.57. The van der Waals surface area contributed by atoms with Crippen LogP contribution >= 0.6 is 11.3 Å². The monoisotopic (exact) mass is 293 g/mol. The van der Waals surface area contributed by atoms with Crippen molar-refractivity contribution >= 4 is 11.3 Å². The second-order valence-electron chi connectivity index (χ2n) is 6.66. The lowest BCUT2D eigenvalue weighted by atomic mass is 9.89. The van der Waals surface area contributed by atoms with E-state index in [1.54, 1.807) is 4.88 Å². The third kappa shape index (κ3) is 2.23. The minimum absolute atomic E-state index is 0.184. The Hall–Kier alpha value is -0.420. The van der Waals surface area contributed by atoms with Gasteiger partial charge < -0.3 is 5.73 Å². The molecular formula is C16H27N3S. The summed E-state index contributed by atoms with van der Waals surface area (Å²) in [4.78, 5) is 6.87. The average molecular weight is 293 g/mol. The summed E-state index contributed by atoms with van der Waals surface area (Å²) in [7, 11) is 0. The van der Waals surface area contributed by atoms with Gasteiger partial charge >= 0.3 is 0 Å². The first kappa shape index (κ1) is 14.5. The minimum atomic E-state index is 0.184. The van der Waals surface area contributed by atoms with Gasteiger partial charge in [-0.1, -0.05) is 0 Å². The minimum Gasteiger partial charge on any atom is -0.329 e. The molecule has 2 unspecified atom stereocenters. The second-order valence-corrected chi connectivity index (χ2v) is 7.66. The van der Waals surface area contributed by atoms with Gasteiger partial charge in [0.1, 0.15) is 0 Å². The molecule has 3 nitrogen and oxygen atoms in total. The van der Waals surface area contributed by atoms with Gasteiger partial charge in [-0.2, -0.15) is 0 Å². The van der Waals surface area contributed by atoms with Gasteiger partial charge in [0, 0.05) is 48.7 Å². The predicted molar refractivity (Wildman–Crippen MR) is 86.3 cm³/mol. The quantitative estimate of drug-likeness (QED) is 0.929. The fraction of sp³-hybridized carbons (Fsp3) is 0.750. The third-order valence-corrected chi connectivity index (χ3v) is 6.36. The number of nitrogens with two attached hydrogens (primary N) is 1. The summed E-state index contributed by atoms with van der Waals surface area (Å²) < 4.78 is 0. The van der Waals surface area contributed by atoms with Gasteiger partial charge in [-0.15, -0.1) is 11.3 Å². The van der Waals surface area contributed by atoms with E-state index >= 15 is 0 Å². The Labute approximate surface area is 126 Å². The predicted octanol–water partition coefficient (Wildman–Crippen LogP) is 2.48. The van der Waals surface area contributed by atoms with Crippen LogP contribution in [-0.2, 0) is 6.42 Å². The van der Waals surface area contributed by atoms with Gasteiger partial charge in [-0.3, -0.25) is 9.80 Å². The largest absolute Gasteiger partial charge is 0.329 e. The zero-order valence-electron chi connectivity index (χ0n) is 12.9. The highest BCUT2D eigenvalue weighted by molar-refractivity contribution is 7.10. The van der Waals surface area contributed by atoms with Crippen LogP contribution in [-0.4, -0.2) is 47.6 Å². The molecular weight excluding hydrogens is 266 g/mol. The van der Waals surface area contributed by atoms with Crippen molar-refractivity contribution in [2.24, 2.45) is 5.73 Å². The maximum atomic E-state index is 6.25. The topological polar surface area (TPSA) is 32.5 Å². The smallest absolute Gasteiger partial charge is 0.0476 e. The van der Waals surface area contributed by atoms with Crippen LogP contribution in [0.15, 0.2) is 11.4 Å². The summed E-state index contributed by atoms with van der Waals surface area (Å²) in [5, 5.41) is 2.24. The maximum absolute atomic E-state index is 6.25. The molecule has 1 saturated heterocycles. The van der Waals surface area contributed by atoms with Crippen molar-refractivity contribution in [1.29, 1.82) is 0 Å². The van der Waals surface area contributed by atoms with E-state index in [-0.39, 0.29) is 5.54 Å². The average Bonchev–Trinajstić information content (AvgIpc) is 3.06. The van der Waals surface area contributed by atoms with Gasteiger partial charge in [-0.25, -0.2) is 0 Å². The number of rotatable bonds is 3. The number of hydrogen-bond acceptors (Lipinski definition) is 4. The molecule has 0 aliphatic carbocycles. The number of nitrogens with zero attached hydrogens (tertiary/aromatic N) is 2. The Morgan fingerprint density at radius 3 is 2.90 bits per heavy atom. The lowest BCUT2D eigenvalue weighted by Crippen LogP contribution is -2.58. The molecule has 1 aromatic heterocycles. The van der Waals surface area contributed by atoms with Gasteiger partial charge in [0.05, 0.1) is 0 Å². The molecule has 0 saturated carbocycles. The molecule has 2 aliphatic heterocycles. The van der Waals surface area contributed by atoms with Crippen LogP contribution in [0, 0.1) is 0 Å². The van der Waals surface area contributed by atoms with Crippen LogP contribution in [0.1, 0.15) is 43.7 Å². The Morgan fingerprint density at radius 1 is 1.45 bits per heavy atom. The molecule has 4 heteroatoms. The number of likely N-dealkylation sites (tertiary alicyclic amines) is 1. The number of thiophene rings is 1. The van der Waals surface area contributed by atoms with Gasteiger partial charge in [0.15, 0.2) is 0 Å². The van der Waals surface area contributed by atoms with E-state index in [1.165, 1.54) is 24.9 Å². The highest BCUT2D eigenvalue weighted by Crippen LogP contribution is 2.40. The van der Waals surface area contributed by atoms with Crippen molar-refractivity contribution in [3.63, 3.8) is 0 Å². The molecule has 1 fully saturated rings. The van der Waals surface area contributed by atoms with Crippen molar-refractivity contribution in [3.05, 3.63) is 21.9 Å². The molecule has 0 radical (unpaired) electrons. The van der Waals surface area contributed by atoms with E-state index in [9.17, 15) is 0 Å². The van der Waals surface area contributed by atoms with Gasteiger partial charge in [-0.05, 0) is 50.6 Å². The van der Waals surface area contributed by atoms with E-state index in [2.05, 4.69) is 42.0 Å². The Kier molecular flexibility index (Phi) is 3.93. The van der Waals surface area contributed by atoms with E-state index in [0.717, 1.165) is 19.6 Å². The molecule has 0 amide bonds. The molecule has 0 bridgehead atoms. The fourth-order valence-corrected chi connectivity index (χ4v) is 4.97. The third-order valence-electron chi connectivity index (χ3n) is 5.36. The van der Waals surface area contributed by atoms with Crippen LogP contribution < -0.4 is 5.73 Å². The Balaban J connectivity index is 1.84. The molecule has 2 aliphatic rings. The first-order valence-electron chi connectivity index (χ1n) is 7.84. The van der Waals surface area contributed by atoms with Gasteiger partial charge in [0.2, 0.25) is 0 Å². The number of hydrogen-bond donors (Lipinski definition) is 1. The van der Waals surface area contributed by atoms with Crippen molar-refractivity contribution in [2.75, 3.05) is 26.2 Å². The highest BCUT2D eigenvalue weighted by Gasteiger charge is 2.45. The van der Waals surface area contributed by atoms with E-state index in [1.807, 2.05) is 11.3 Å². The van der Waals surface area contributed by atoms with E-state index in [4.69, 9.17) is 5.73 Å². The first-order valence-corrected chi connectivity index (χ1v) is 8.72. The summed E-state index contributed by atoms with van der Waals surface area (Å²) in [6.45, 7) is 11.2. The van der Waals surface area contributed by atoms with Crippen LogP contribution in [0.25, 0.3) is 0 Å². The summed E-state index contributed by atoms with van der Waals surface area (Å²) in [5.74, 6) is 0. The molecule has 2 N–H and O–H groups in total. The SMILES string of the molecule is CC(C)N1CCC(CN)(N2CCc3sccc3C2C)C1. The lowest BCUT2D eigenvalue weighted by molar-refractivity contribution is 0.0504. The van der Waals surface area contributed by atoms with Crippen LogP contribution in [0.4, 0.5) is 0 Å². The van der Waals surface area contributed by atoms with Crippen molar-refractivity contribution in [3.8, 4) is 0 Å². The molecule has 0 spiro atoms. The summed E-state index contributed by atoms with van der Waals surface area (Å²) in [5.41, 5.74) is 7.98. The molecule has 1 aromatic rings. The molecule has 2 atom stereocenters.